The molecule has 0 heterocycles. The third-order valence-electron chi connectivity index (χ3n) is 2.00. The van der Waals surface area contributed by atoms with Crippen LogP contribution >= 0.6 is 0 Å². The van der Waals surface area contributed by atoms with Gasteiger partial charge in [-0.05, 0) is 19.3 Å². The lowest BCUT2D eigenvalue weighted by Gasteiger charge is -2.04. The first-order valence-corrected chi connectivity index (χ1v) is 5.44. The zero-order chi connectivity index (χ0) is 11.5. The van der Waals surface area contributed by atoms with Gasteiger partial charge in [0.15, 0.2) is 0 Å². The minimum Gasteiger partial charge on any atom is -0.356 e. The smallest absolute Gasteiger partial charge is 0.233 e. The Kier molecular flexibility index (Phi) is 8.76. The SMILES string of the molecule is CCC(=O)NCCCCCNC(=O)CN. The maximum absolute atomic E-state index is 10.8. The standard InChI is InChI=1S/C10H21N3O2/c1-2-9(14)12-6-4-3-5-7-13-10(15)8-11/h2-8,11H2,1H3,(H,12,14)(H,13,15). The molecule has 0 radical (unpaired) electrons. The van der Waals surface area contributed by atoms with Crippen LogP contribution in [0.3, 0.4) is 0 Å². The molecule has 0 aromatic heterocycles. The maximum atomic E-state index is 10.8. The van der Waals surface area contributed by atoms with E-state index in [0.29, 0.717) is 13.0 Å². The molecule has 0 aliphatic carbocycles. The van der Waals surface area contributed by atoms with Crippen LogP contribution in [0.1, 0.15) is 32.6 Å². The van der Waals surface area contributed by atoms with E-state index in [-0.39, 0.29) is 18.4 Å². The van der Waals surface area contributed by atoms with Crippen LogP contribution in [0.2, 0.25) is 0 Å². The number of rotatable bonds is 8. The lowest BCUT2D eigenvalue weighted by Crippen LogP contribution is -2.31. The summed E-state index contributed by atoms with van der Waals surface area (Å²) in [5.41, 5.74) is 5.12. The van der Waals surface area contributed by atoms with Gasteiger partial charge in [0.25, 0.3) is 0 Å². The van der Waals surface area contributed by atoms with E-state index in [1.165, 1.54) is 0 Å². The van der Waals surface area contributed by atoms with Crippen molar-refractivity contribution in [3.63, 3.8) is 0 Å². The molecular formula is C10H21N3O2. The van der Waals surface area contributed by atoms with Crippen molar-refractivity contribution >= 4 is 11.8 Å². The van der Waals surface area contributed by atoms with Gasteiger partial charge < -0.3 is 16.4 Å². The van der Waals surface area contributed by atoms with Crippen LogP contribution in [-0.4, -0.2) is 31.4 Å². The van der Waals surface area contributed by atoms with Crippen LogP contribution in [-0.2, 0) is 9.59 Å². The van der Waals surface area contributed by atoms with Gasteiger partial charge >= 0.3 is 0 Å². The van der Waals surface area contributed by atoms with E-state index in [0.717, 1.165) is 25.8 Å². The van der Waals surface area contributed by atoms with Crippen molar-refractivity contribution in [3.05, 3.63) is 0 Å². The Morgan fingerprint density at radius 1 is 1.00 bits per heavy atom. The molecule has 5 heteroatoms. The van der Waals surface area contributed by atoms with Crippen molar-refractivity contribution in [3.8, 4) is 0 Å². The largest absolute Gasteiger partial charge is 0.356 e. The molecule has 0 bridgehead atoms. The second kappa shape index (κ2) is 9.45. The zero-order valence-corrected chi connectivity index (χ0v) is 9.34. The van der Waals surface area contributed by atoms with Crippen LogP contribution in [0, 0.1) is 0 Å². The maximum Gasteiger partial charge on any atom is 0.233 e. The van der Waals surface area contributed by atoms with E-state index >= 15 is 0 Å². The highest BCUT2D eigenvalue weighted by molar-refractivity contribution is 5.77. The molecule has 88 valence electrons. The van der Waals surface area contributed by atoms with Gasteiger partial charge in [0.2, 0.25) is 11.8 Å². The normalized spacial score (nSPS) is 9.73. The third kappa shape index (κ3) is 9.21. The van der Waals surface area contributed by atoms with Gasteiger partial charge in [0, 0.05) is 19.5 Å². The minimum absolute atomic E-state index is 0.0482. The van der Waals surface area contributed by atoms with Crippen molar-refractivity contribution in [2.75, 3.05) is 19.6 Å². The molecule has 0 spiro atoms. The highest BCUT2D eigenvalue weighted by atomic mass is 16.2. The molecule has 2 amide bonds. The average Bonchev–Trinajstić information content (AvgIpc) is 2.26. The van der Waals surface area contributed by atoms with Crippen LogP contribution < -0.4 is 16.4 Å². The number of hydrogen-bond acceptors (Lipinski definition) is 3. The first-order chi connectivity index (χ1) is 7.20. The van der Waals surface area contributed by atoms with E-state index in [4.69, 9.17) is 5.73 Å². The molecule has 0 aromatic carbocycles. The van der Waals surface area contributed by atoms with Gasteiger partial charge in [-0.25, -0.2) is 0 Å². The number of carbonyl (C=O) groups excluding carboxylic acids is 2. The van der Waals surface area contributed by atoms with Crippen LogP contribution in [0.25, 0.3) is 0 Å². The van der Waals surface area contributed by atoms with E-state index in [9.17, 15) is 9.59 Å². The molecule has 0 unspecified atom stereocenters. The summed E-state index contributed by atoms with van der Waals surface area (Å²) in [7, 11) is 0. The average molecular weight is 215 g/mol. The Balaban J connectivity index is 3.11. The first-order valence-electron chi connectivity index (χ1n) is 5.44. The van der Waals surface area contributed by atoms with Gasteiger partial charge in [-0.15, -0.1) is 0 Å². The summed E-state index contributed by atoms with van der Waals surface area (Å²) in [5.74, 6) is -0.0271. The molecule has 0 aliphatic rings. The Labute approximate surface area is 90.8 Å². The zero-order valence-electron chi connectivity index (χ0n) is 9.34. The quantitative estimate of drug-likeness (QED) is 0.488. The Hall–Kier alpha value is -1.10. The van der Waals surface area contributed by atoms with Crippen molar-refractivity contribution < 1.29 is 9.59 Å². The molecule has 4 N–H and O–H groups in total. The molecule has 5 nitrogen and oxygen atoms in total. The Bertz CT molecular complexity index is 175. The molecule has 0 aromatic rings. The van der Waals surface area contributed by atoms with Crippen LogP contribution in [0.15, 0.2) is 0 Å². The van der Waals surface area contributed by atoms with E-state index in [1.807, 2.05) is 6.92 Å². The van der Waals surface area contributed by atoms with E-state index in [2.05, 4.69) is 10.6 Å². The summed E-state index contributed by atoms with van der Waals surface area (Å²) in [6, 6.07) is 0. The molecule has 15 heavy (non-hydrogen) atoms. The van der Waals surface area contributed by atoms with Crippen molar-refractivity contribution in [1.82, 2.24) is 10.6 Å². The summed E-state index contributed by atoms with van der Waals surface area (Å²) >= 11 is 0. The van der Waals surface area contributed by atoms with E-state index < -0.39 is 0 Å². The lowest BCUT2D eigenvalue weighted by atomic mass is 10.2. The fourth-order valence-corrected chi connectivity index (χ4v) is 1.08. The molecule has 0 aliphatic heterocycles. The second-order valence-corrected chi connectivity index (χ2v) is 3.32. The third-order valence-corrected chi connectivity index (χ3v) is 2.00. The lowest BCUT2D eigenvalue weighted by molar-refractivity contribution is -0.121. The number of amides is 2. The Morgan fingerprint density at radius 2 is 1.53 bits per heavy atom. The van der Waals surface area contributed by atoms with Crippen molar-refractivity contribution in [2.24, 2.45) is 5.73 Å². The first kappa shape index (κ1) is 13.9. The molecule has 0 fully saturated rings. The van der Waals surface area contributed by atoms with Gasteiger partial charge in [-0.3, -0.25) is 9.59 Å². The molecule has 0 saturated heterocycles. The van der Waals surface area contributed by atoms with Crippen LogP contribution in [0.5, 0.6) is 0 Å². The molecule has 0 saturated carbocycles. The number of hydrogen-bond donors (Lipinski definition) is 3. The van der Waals surface area contributed by atoms with Crippen LogP contribution in [0.4, 0.5) is 0 Å². The molecule has 0 atom stereocenters. The van der Waals surface area contributed by atoms with Gasteiger partial charge in [0.1, 0.15) is 0 Å². The summed E-state index contributed by atoms with van der Waals surface area (Å²) in [6.07, 6.45) is 3.40. The topological polar surface area (TPSA) is 84.2 Å². The van der Waals surface area contributed by atoms with Crippen molar-refractivity contribution in [1.29, 1.82) is 0 Å². The Morgan fingerprint density at radius 3 is 2.00 bits per heavy atom. The summed E-state index contributed by atoms with van der Waals surface area (Å²) in [6.45, 7) is 3.26. The summed E-state index contributed by atoms with van der Waals surface area (Å²) in [5, 5.41) is 5.49. The van der Waals surface area contributed by atoms with Gasteiger partial charge in [-0.2, -0.15) is 0 Å². The number of nitrogens with one attached hydrogen (secondary N) is 2. The minimum atomic E-state index is -0.116. The fraction of sp³-hybridized carbons (Fsp3) is 0.800. The monoisotopic (exact) mass is 215 g/mol. The number of nitrogens with two attached hydrogens (primary N) is 1. The predicted octanol–water partition coefficient (Wildman–Crippen LogP) is -0.242. The highest BCUT2D eigenvalue weighted by Gasteiger charge is 1.97. The molecular weight excluding hydrogens is 194 g/mol. The fourth-order valence-electron chi connectivity index (χ4n) is 1.08. The second-order valence-electron chi connectivity index (χ2n) is 3.32. The predicted molar refractivity (Wildman–Crippen MR) is 59.2 cm³/mol. The highest BCUT2D eigenvalue weighted by Crippen LogP contribution is 1.92. The van der Waals surface area contributed by atoms with E-state index in [1.54, 1.807) is 0 Å². The van der Waals surface area contributed by atoms with Gasteiger partial charge in [0.05, 0.1) is 6.54 Å². The summed E-state index contributed by atoms with van der Waals surface area (Å²) < 4.78 is 0. The number of unbranched alkanes of at least 4 members (excludes halogenated alkanes) is 2. The number of carbonyl (C=O) groups is 2. The van der Waals surface area contributed by atoms with Crippen molar-refractivity contribution in [2.45, 2.75) is 32.6 Å². The molecule has 0 rings (SSSR count). The van der Waals surface area contributed by atoms with Gasteiger partial charge in [-0.1, -0.05) is 6.92 Å². The summed E-state index contributed by atoms with van der Waals surface area (Å²) in [4.78, 5) is 21.6.